The molecule has 9 heteroatoms. The van der Waals surface area contributed by atoms with E-state index in [9.17, 15) is 19.4 Å². The van der Waals surface area contributed by atoms with Gasteiger partial charge in [0, 0.05) is 6.42 Å². The van der Waals surface area contributed by atoms with Crippen LogP contribution in [-0.4, -0.2) is 68.5 Å². The summed E-state index contributed by atoms with van der Waals surface area (Å²) in [5.74, 6) is -0.225. The number of aliphatic hydroxyl groups excluding tert-OH is 1. The van der Waals surface area contributed by atoms with E-state index in [0.29, 0.717) is 17.4 Å². The third kappa shape index (κ3) is 69.6. The minimum atomic E-state index is -4.62. The highest BCUT2D eigenvalue weighted by atomic mass is 31.2. The molecule has 0 bridgehead atoms. The molecule has 0 aliphatic carbocycles. The van der Waals surface area contributed by atoms with Crippen LogP contribution in [0, 0.1) is 0 Å². The topological polar surface area (TPSA) is 108 Å². The van der Waals surface area contributed by atoms with E-state index in [1.807, 2.05) is 27.2 Å². The van der Waals surface area contributed by atoms with E-state index in [1.165, 1.54) is 135 Å². The zero-order valence-corrected chi connectivity index (χ0v) is 58.3. The van der Waals surface area contributed by atoms with E-state index in [-0.39, 0.29) is 12.5 Å². The highest BCUT2D eigenvalue weighted by molar-refractivity contribution is 7.45. The van der Waals surface area contributed by atoms with Crippen LogP contribution >= 0.6 is 7.82 Å². The van der Waals surface area contributed by atoms with Crippen molar-refractivity contribution in [2.45, 2.75) is 296 Å². The van der Waals surface area contributed by atoms with Crippen LogP contribution in [0.1, 0.15) is 284 Å². The third-order valence-electron chi connectivity index (χ3n) is 15.2. The SMILES string of the molecule is CC/C=C\C/C=C\C/C=C\C/C=C\C/C=C\C/C=C\C/C=C\C/C=C\C/C=C\C/C=C\C/C=C\C/C=C\CCCCCCC(=O)NC(COP(=O)([O-])OCC[N+](C)(C)C)C(O)/C=C/CCCCCCCCCCCCCCCCCCCCCCCCC. The fraction of sp³-hybridized carbons (Fsp3) is 0.658. The molecule has 0 aromatic heterocycles. The minimum Gasteiger partial charge on any atom is -0.756 e. The fourth-order valence-electron chi connectivity index (χ4n) is 9.72. The van der Waals surface area contributed by atoms with E-state index in [1.54, 1.807) is 6.08 Å². The van der Waals surface area contributed by atoms with Gasteiger partial charge in [0.2, 0.25) is 5.91 Å². The Hall–Kier alpha value is -3.88. The summed E-state index contributed by atoms with van der Waals surface area (Å²) in [7, 11) is 1.23. The van der Waals surface area contributed by atoms with Crippen LogP contribution in [0.3, 0.4) is 0 Å². The number of rotatable bonds is 64. The van der Waals surface area contributed by atoms with Crippen molar-refractivity contribution in [3.05, 3.63) is 158 Å². The van der Waals surface area contributed by atoms with Crippen LogP contribution in [0.25, 0.3) is 0 Å². The van der Waals surface area contributed by atoms with Crippen LogP contribution in [-0.2, 0) is 18.4 Å². The predicted octanol–water partition coefficient (Wildman–Crippen LogP) is 22.7. The highest BCUT2D eigenvalue weighted by Gasteiger charge is 2.23. The fourth-order valence-corrected chi connectivity index (χ4v) is 10.4. The molecule has 2 N–H and O–H groups in total. The molecule has 3 unspecified atom stereocenters. The molecule has 8 nitrogen and oxygen atoms in total. The molecule has 0 heterocycles. The maximum absolute atomic E-state index is 13.0. The van der Waals surface area contributed by atoms with Crippen LogP contribution in [0.4, 0.5) is 0 Å². The van der Waals surface area contributed by atoms with Crippen molar-refractivity contribution in [3.63, 3.8) is 0 Å². The number of carbonyl (C=O) groups excluding carboxylic acids is 1. The van der Waals surface area contributed by atoms with Crippen LogP contribution < -0.4 is 10.2 Å². The summed E-state index contributed by atoms with van der Waals surface area (Å²) >= 11 is 0. The van der Waals surface area contributed by atoms with Gasteiger partial charge < -0.3 is 28.8 Å². The van der Waals surface area contributed by atoms with Crippen LogP contribution in [0.5, 0.6) is 0 Å². The average Bonchev–Trinajstić information content (AvgIpc) is 3.71. The Bertz CT molecular complexity index is 1990. The number of carbonyl (C=O) groups is 1. The average molecular weight is 1240 g/mol. The Morgan fingerprint density at radius 3 is 1.01 bits per heavy atom. The lowest BCUT2D eigenvalue weighted by Gasteiger charge is -2.29. The third-order valence-corrected chi connectivity index (χ3v) is 16.2. The van der Waals surface area contributed by atoms with Crippen molar-refractivity contribution in [2.24, 2.45) is 0 Å². The molecule has 1 amide bonds. The second kappa shape index (κ2) is 67.5. The Morgan fingerprint density at radius 1 is 0.409 bits per heavy atom. The largest absolute Gasteiger partial charge is 0.756 e. The molecule has 0 aromatic rings. The molecule has 3 atom stereocenters. The smallest absolute Gasteiger partial charge is 0.268 e. The van der Waals surface area contributed by atoms with Gasteiger partial charge in [-0.1, -0.05) is 326 Å². The number of phosphoric ester groups is 1. The van der Waals surface area contributed by atoms with Gasteiger partial charge in [0.05, 0.1) is 39.9 Å². The van der Waals surface area contributed by atoms with Gasteiger partial charge in [-0.15, -0.1) is 0 Å². The molecule has 0 rings (SSSR count). The van der Waals surface area contributed by atoms with Crippen molar-refractivity contribution < 1.29 is 32.9 Å². The number of hydrogen-bond acceptors (Lipinski definition) is 6. The molecular formula is C79H135N2O6P. The maximum atomic E-state index is 13.0. The number of allylic oxidation sites excluding steroid dienone is 25. The first-order valence-corrected chi connectivity index (χ1v) is 37.3. The monoisotopic (exact) mass is 1240 g/mol. The van der Waals surface area contributed by atoms with Gasteiger partial charge in [-0.05, 0) is 109 Å². The molecule has 0 saturated carbocycles. The first kappa shape index (κ1) is 84.1. The second-order valence-corrected chi connectivity index (χ2v) is 26.3. The molecule has 0 fully saturated rings. The second-order valence-electron chi connectivity index (χ2n) is 24.9. The van der Waals surface area contributed by atoms with Crippen molar-refractivity contribution in [1.29, 1.82) is 0 Å². The molecule has 502 valence electrons. The van der Waals surface area contributed by atoms with Gasteiger partial charge in [0.25, 0.3) is 7.82 Å². The lowest BCUT2D eigenvalue weighted by molar-refractivity contribution is -0.870. The normalized spacial score (nSPS) is 14.6. The van der Waals surface area contributed by atoms with Gasteiger partial charge in [0.15, 0.2) is 0 Å². The number of unbranched alkanes of at least 4 members (excludes halogenated alkanes) is 27. The Labute approximate surface area is 543 Å². The lowest BCUT2D eigenvalue weighted by atomic mass is 10.0. The van der Waals surface area contributed by atoms with Gasteiger partial charge in [0.1, 0.15) is 13.2 Å². The zero-order chi connectivity index (χ0) is 64.1. The van der Waals surface area contributed by atoms with Crippen molar-refractivity contribution in [1.82, 2.24) is 5.32 Å². The number of amides is 1. The molecule has 0 aliphatic rings. The summed E-state index contributed by atoms with van der Waals surface area (Å²) in [6, 6.07) is -0.914. The molecule has 0 spiro atoms. The highest BCUT2D eigenvalue weighted by Crippen LogP contribution is 2.38. The minimum absolute atomic E-state index is 0.0140. The summed E-state index contributed by atoms with van der Waals surface area (Å²) in [4.78, 5) is 25.6. The van der Waals surface area contributed by atoms with E-state index < -0.39 is 26.6 Å². The van der Waals surface area contributed by atoms with Gasteiger partial charge in [-0.25, -0.2) is 0 Å². The quantitative estimate of drug-likeness (QED) is 0.0272. The van der Waals surface area contributed by atoms with Gasteiger partial charge >= 0.3 is 0 Å². The number of nitrogens with zero attached hydrogens (tertiary/aromatic N) is 1. The van der Waals surface area contributed by atoms with E-state index in [2.05, 4.69) is 165 Å². The Morgan fingerprint density at radius 2 is 0.693 bits per heavy atom. The number of quaternary nitrogens is 1. The number of phosphoric acid groups is 1. The predicted molar refractivity (Wildman–Crippen MR) is 384 cm³/mol. The molecule has 0 saturated heterocycles. The molecule has 0 radical (unpaired) electrons. The standard InChI is InChI=1S/C79H135N2O6P/c1-6-8-10-12-14-16-18-20-22-24-26-28-30-32-33-34-35-36-37-38-39-40-41-42-43-44-45-46-47-49-51-53-55-57-59-61-63-65-67-69-71-73-79(83)80-77(76-87-88(84,85)86-75-74-81(3,4)5)78(82)72-70-68-66-64-62-60-58-56-54-52-50-48-31-29-27-25-23-21-19-17-15-13-11-9-7-2/h8,10,14,16,20,22,26,28,32-33,35-36,38-39,41-42,44-45,47,49,53,55,59,61,70,72,77-78,82H,6-7,9,11-13,15,17-19,21,23-25,27,29-31,34,37,40,43,46,48,50-52,54,56-58,60,62-69,71,73-76H2,1-5H3,(H-,80,83,84,85)/b10-8-,16-14-,22-20-,28-26-,33-32-,36-35-,39-38-,42-41-,45-44-,49-47-,55-53-,61-59-,72-70+. The Kier molecular flexibility index (Phi) is 64.5. The van der Waals surface area contributed by atoms with E-state index >= 15 is 0 Å². The lowest BCUT2D eigenvalue weighted by Crippen LogP contribution is -2.45. The molecule has 88 heavy (non-hydrogen) atoms. The summed E-state index contributed by atoms with van der Waals surface area (Å²) in [5.41, 5.74) is 0. The van der Waals surface area contributed by atoms with Crippen LogP contribution in [0.15, 0.2) is 158 Å². The molecule has 0 aliphatic heterocycles. The molecular weight excluding hydrogens is 1100 g/mol. The van der Waals surface area contributed by atoms with Gasteiger partial charge in [-0.2, -0.15) is 0 Å². The summed E-state index contributed by atoms with van der Waals surface area (Å²) in [5, 5.41) is 13.9. The maximum Gasteiger partial charge on any atom is 0.268 e. The van der Waals surface area contributed by atoms with E-state index in [4.69, 9.17) is 9.05 Å². The summed E-state index contributed by atoms with van der Waals surface area (Å²) in [6.45, 7) is 4.52. The number of likely N-dealkylation sites (N-methyl/N-ethyl adjacent to an activating group) is 1. The number of nitrogens with one attached hydrogen (secondary N) is 1. The van der Waals surface area contributed by atoms with E-state index in [0.717, 1.165) is 128 Å². The molecule has 0 aromatic carbocycles. The number of hydrogen-bond donors (Lipinski definition) is 2. The van der Waals surface area contributed by atoms with Crippen LogP contribution in [0.2, 0.25) is 0 Å². The summed E-state index contributed by atoms with van der Waals surface area (Å²) < 4.78 is 23.4. The van der Waals surface area contributed by atoms with Gasteiger partial charge in [-0.3, -0.25) is 9.36 Å². The van der Waals surface area contributed by atoms with Crippen molar-refractivity contribution >= 4 is 13.7 Å². The van der Waals surface area contributed by atoms with Crippen molar-refractivity contribution in [2.75, 3.05) is 40.9 Å². The first-order valence-electron chi connectivity index (χ1n) is 35.8. The number of aliphatic hydroxyl groups is 1. The zero-order valence-electron chi connectivity index (χ0n) is 57.4. The summed E-state index contributed by atoms with van der Waals surface area (Å²) in [6.07, 6.45) is 105. The first-order chi connectivity index (χ1) is 43.0. The van der Waals surface area contributed by atoms with Crippen molar-refractivity contribution in [3.8, 4) is 0 Å². The Balaban J connectivity index is 4.20.